The Kier molecular flexibility index (Phi) is 5.99. The van der Waals surface area contributed by atoms with Gasteiger partial charge in [-0.1, -0.05) is 13.3 Å². The molecular weight excluding hydrogens is 112 g/mol. The summed E-state index contributed by atoms with van der Waals surface area (Å²) in [5.41, 5.74) is 5.39. The molecule has 0 aromatic heterocycles. The van der Waals surface area contributed by atoms with Crippen molar-refractivity contribution in [2.45, 2.75) is 32.7 Å². The number of nitrogens with one attached hydrogen (secondary N) is 1. The van der Waals surface area contributed by atoms with E-state index in [0.29, 0.717) is 6.04 Å². The van der Waals surface area contributed by atoms with Crippen molar-refractivity contribution in [1.82, 2.24) is 5.32 Å². The normalized spacial score (nSPS) is 13.7. The van der Waals surface area contributed by atoms with Crippen LogP contribution in [0.15, 0.2) is 0 Å². The summed E-state index contributed by atoms with van der Waals surface area (Å²) in [5.74, 6) is 0. The highest BCUT2D eigenvalue weighted by molar-refractivity contribution is 4.59. The Morgan fingerprint density at radius 2 is 2.22 bits per heavy atom. The molecule has 0 bridgehead atoms. The molecule has 56 valence electrons. The third-order valence-electron chi connectivity index (χ3n) is 1.38. The smallest absolute Gasteiger partial charge is 0.0161 e. The van der Waals surface area contributed by atoms with Gasteiger partial charge >= 0.3 is 0 Å². The lowest BCUT2D eigenvalue weighted by Gasteiger charge is -2.09. The van der Waals surface area contributed by atoms with Gasteiger partial charge in [0.15, 0.2) is 0 Å². The average Bonchev–Trinajstić information content (AvgIpc) is 1.89. The van der Waals surface area contributed by atoms with Crippen molar-refractivity contribution in [3.63, 3.8) is 0 Å². The van der Waals surface area contributed by atoms with Crippen molar-refractivity contribution in [1.29, 1.82) is 0 Å². The molecule has 0 rings (SSSR count). The van der Waals surface area contributed by atoms with Gasteiger partial charge in [-0.15, -0.1) is 0 Å². The maximum atomic E-state index is 5.39. The topological polar surface area (TPSA) is 38.0 Å². The largest absolute Gasteiger partial charge is 0.329 e. The molecule has 2 nitrogen and oxygen atoms in total. The molecule has 0 heterocycles. The van der Waals surface area contributed by atoms with E-state index in [-0.39, 0.29) is 0 Å². The molecule has 2 heteroatoms. The molecule has 0 unspecified atom stereocenters. The highest BCUT2D eigenvalue weighted by Gasteiger charge is 1.93. The van der Waals surface area contributed by atoms with Gasteiger partial charge in [0, 0.05) is 12.6 Å². The Morgan fingerprint density at radius 1 is 1.56 bits per heavy atom. The number of nitrogens with two attached hydrogens (primary N) is 1. The Balaban J connectivity index is 2.88. The predicted octanol–water partition coefficient (Wildman–Crippen LogP) is 0.723. The van der Waals surface area contributed by atoms with Crippen LogP contribution in [-0.4, -0.2) is 19.1 Å². The van der Waals surface area contributed by atoms with Crippen LogP contribution in [0.25, 0.3) is 0 Å². The highest BCUT2D eigenvalue weighted by atomic mass is 14.9. The quantitative estimate of drug-likeness (QED) is 0.538. The van der Waals surface area contributed by atoms with Crippen molar-refractivity contribution in [2.75, 3.05) is 13.1 Å². The van der Waals surface area contributed by atoms with Crippen molar-refractivity contribution < 1.29 is 0 Å². The van der Waals surface area contributed by atoms with Gasteiger partial charge in [-0.3, -0.25) is 0 Å². The zero-order valence-electron chi connectivity index (χ0n) is 6.48. The molecule has 0 aromatic carbocycles. The lowest BCUT2D eigenvalue weighted by Crippen LogP contribution is -2.33. The van der Waals surface area contributed by atoms with Crippen LogP contribution in [0.5, 0.6) is 0 Å². The van der Waals surface area contributed by atoms with Gasteiger partial charge < -0.3 is 11.1 Å². The van der Waals surface area contributed by atoms with Crippen LogP contribution in [-0.2, 0) is 0 Å². The summed E-state index contributed by atoms with van der Waals surface area (Å²) in [7, 11) is 0. The summed E-state index contributed by atoms with van der Waals surface area (Å²) in [6, 6.07) is 0.483. The summed E-state index contributed by atoms with van der Waals surface area (Å²) in [6.07, 6.45) is 2.51. The van der Waals surface area contributed by atoms with Gasteiger partial charge in [-0.2, -0.15) is 0 Å². The van der Waals surface area contributed by atoms with Gasteiger partial charge in [-0.25, -0.2) is 0 Å². The fourth-order valence-corrected chi connectivity index (χ4v) is 0.609. The molecule has 0 aromatic rings. The minimum absolute atomic E-state index is 0.483. The molecule has 0 spiro atoms. The Labute approximate surface area is 57.8 Å². The van der Waals surface area contributed by atoms with Gasteiger partial charge in [0.05, 0.1) is 0 Å². The lowest BCUT2D eigenvalue weighted by molar-refractivity contribution is 0.540. The van der Waals surface area contributed by atoms with Gasteiger partial charge in [0.1, 0.15) is 0 Å². The molecule has 0 radical (unpaired) electrons. The van der Waals surface area contributed by atoms with Crippen LogP contribution in [0.3, 0.4) is 0 Å². The first-order valence-electron chi connectivity index (χ1n) is 3.74. The van der Waals surface area contributed by atoms with Crippen molar-refractivity contribution >= 4 is 0 Å². The van der Waals surface area contributed by atoms with E-state index in [0.717, 1.165) is 13.1 Å². The zero-order valence-corrected chi connectivity index (χ0v) is 6.48. The van der Waals surface area contributed by atoms with Gasteiger partial charge in [0.2, 0.25) is 0 Å². The van der Waals surface area contributed by atoms with Crippen molar-refractivity contribution in [3.05, 3.63) is 0 Å². The third kappa shape index (κ3) is 5.80. The molecule has 3 N–H and O–H groups in total. The molecular formula is C7H18N2. The maximum absolute atomic E-state index is 5.39. The molecule has 9 heavy (non-hydrogen) atoms. The first-order valence-corrected chi connectivity index (χ1v) is 3.74. The first-order chi connectivity index (χ1) is 4.31. The Morgan fingerprint density at radius 3 is 2.67 bits per heavy atom. The zero-order chi connectivity index (χ0) is 7.11. The minimum atomic E-state index is 0.483. The van der Waals surface area contributed by atoms with E-state index >= 15 is 0 Å². The van der Waals surface area contributed by atoms with Crippen molar-refractivity contribution in [3.8, 4) is 0 Å². The molecule has 0 aliphatic carbocycles. The van der Waals surface area contributed by atoms with E-state index in [2.05, 4.69) is 19.2 Å². The molecule has 0 aliphatic heterocycles. The van der Waals surface area contributed by atoms with E-state index in [4.69, 9.17) is 5.73 Å². The number of hydrogen-bond acceptors (Lipinski definition) is 2. The van der Waals surface area contributed by atoms with Crippen LogP contribution >= 0.6 is 0 Å². The van der Waals surface area contributed by atoms with E-state index in [1.54, 1.807) is 0 Å². The Bertz CT molecular complexity index is 54.9. The molecule has 1 atom stereocenters. The summed E-state index contributed by atoms with van der Waals surface area (Å²) < 4.78 is 0. The molecule has 0 aliphatic rings. The second-order valence-electron chi connectivity index (χ2n) is 2.44. The third-order valence-corrected chi connectivity index (χ3v) is 1.38. The second kappa shape index (κ2) is 6.05. The van der Waals surface area contributed by atoms with Crippen molar-refractivity contribution in [2.24, 2.45) is 5.73 Å². The fraction of sp³-hybridized carbons (Fsp3) is 1.00. The number of rotatable bonds is 5. The van der Waals surface area contributed by atoms with E-state index < -0.39 is 0 Å². The molecule has 0 amide bonds. The molecule has 0 saturated heterocycles. The van der Waals surface area contributed by atoms with Gasteiger partial charge in [0.25, 0.3) is 0 Å². The van der Waals surface area contributed by atoms with Crippen LogP contribution in [0.2, 0.25) is 0 Å². The summed E-state index contributed by atoms with van der Waals surface area (Å²) in [4.78, 5) is 0. The monoisotopic (exact) mass is 130 g/mol. The summed E-state index contributed by atoms with van der Waals surface area (Å²) in [5, 5.41) is 3.31. The highest BCUT2D eigenvalue weighted by Crippen LogP contribution is 1.83. The predicted molar refractivity (Wildman–Crippen MR) is 41.4 cm³/mol. The lowest BCUT2D eigenvalue weighted by atomic mass is 10.3. The average molecular weight is 130 g/mol. The standard InChI is InChI=1S/C7H18N2/c1-3-4-5-9-7(2)6-8/h7,9H,3-6,8H2,1-2H3/t7-/m0/s1. The van der Waals surface area contributed by atoms with Crippen LogP contribution in [0.1, 0.15) is 26.7 Å². The molecule has 0 fully saturated rings. The Hall–Kier alpha value is -0.0800. The van der Waals surface area contributed by atoms with Crippen LogP contribution in [0, 0.1) is 0 Å². The number of unbranched alkanes of at least 4 members (excludes halogenated alkanes) is 1. The summed E-state index contributed by atoms with van der Waals surface area (Å²) >= 11 is 0. The fourth-order valence-electron chi connectivity index (χ4n) is 0.609. The van der Waals surface area contributed by atoms with E-state index in [9.17, 15) is 0 Å². The van der Waals surface area contributed by atoms with E-state index in [1.807, 2.05) is 0 Å². The summed E-state index contributed by atoms with van der Waals surface area (Å²) in [6.45, 7) is 6.14. The molecule has 0 saturated carbocycles. The van der Waals surface area contributed by atoms with E-state index in [1.165, 1.54) is 12.8 Å². The minimum Gasteiger partial charge on any atom is -0.329 e. The van der Waals surface area contributed by atoms with Gasteiger partial charge in [-0.05, 0) is 19.9 Å². The SMILES string of the molecule is CCCCN[C@@H](C)CN. The van der Waals surface area contributed by atoms with Crippen LogP contribution < -0.4 is 11.1 Å². The second-order valence-corrected chi connectivity index (χ2v) is 2.44. The maximum Gasteiger partial charge on any atom is 0.0161 e. The first kappa shape index (κ1) is 8.92. The van der Waals surface area contributed by atoms with Crippen LogP contribution in [0.4, 0.5) is 0 Å². The number of hydrogen-bond donors (Lipinski definition) is 2.